The van der Waals surface area contributed by atoms with Crippen LogP contribution in [0.2, 0.25) is 0 Å². The van der Waals surface area contributed by atoms with E-state index in [4.69, 9.17) is 4.74 Å². The molecule has 0 aromatic heterocycles. The fraction of sp³-hybridized carbons (Fsp3) is 0.333. The molecule has 142 valence electrons. The lowest BCUT2D eigenvalue weighted by atomic mass is 10.1. The van der Waals surface area contributed by atoms with E-state index in [9.17, 15) is 9.59 Å². The van der Waals surface area contributed by atoms with E-state index in [1.165, 1.54) is 11.8 Å². The van der Waals surface area contributed by atoms with Gasteiger partial charge < -0.3 is 15.0 Å². The number of rotatable bonds is 6. The number of carbonyl (C=O) groups excluding carboxylic acids is 2. The molecule has 1 atom stereocenters. The normalized spacial score (nSPS) is 15.6. The van der Waals surface area contributed by atoms with Gasteiger partial charge in [-0.2, -0.15) is 0 Å². The van der Waals surface area contributed by atoms with E-state index in [-0.39, 0.29) is 18.4 Å². The molecule has 0 unspecified atom stereocenters. The molecule has 1 N–H and O–H groups in total. The van der Waals surface area contributed by atoms with Gasteiger partial charge in [-0.1, -0.05) is 37.3 Å². The second-order valence-corrected chi connectivity index (χ2v) is 7.44. The molecule has 1 aliphatic rings. The first kappa shape index (κ1) is 19.3. The monoisotopic (exact) mass is 384 g/mol. The van der Waals surface area contributed by atoms with Gasteiger partial charge >= 0.3 is 0 Å². The predicted molar refractivity (Wildman–Crippen MR) is 108 cm³/mol. The molecule has 0 saturated heterocycles. The number of hydrogen-bond acceptors (Lipinski definition) is 4. The number of nitrogens with one attached hydrogen (secondary N) is 1. The minimum atomic E-state index is -0.695. The second kappa shape index (κ2) is 8.95. The highest BCUT2D eigenvalue weighted by atomic mass is 32.2. The zero-order valence-electron chi connectivity index (χ0n) is 15.6. The molecular formula is C21H24N2O3S. The quantitative estimate of drug-likeness (QED) is 0.776. The van der Waals surface area contributed by atoms with Crippen molar-refractivity contribution in [3.63, 3.8) is 0 Å². The largest absolute Gasteiger partial charge is 0.477 e. The topological polar surface area (TPSA) is 58.6 Å². The fourth-order valence-electron chi connectivity index (χ4n) is 2.90. The number of para-hydroxylation sites is 2. The number of hydrogen-bond donors (Lipinski definition) is 1. The third-order valence-electron chi connectivity index (χ3n) is 4.36. The van der Waals surface area contributed by atoms with Crippen LogP contribution in [0, 0.1) is 6.92 Å². The van der Waals surface area contributed by atoms with Crippen molar-refractivity contribution in [2.24, 2.45) is 0 Å². The lowest BCUT2D eigenvalue weighted by Crippen LogP contribution is -2.51. The van der Waals surface area contributed by atoms with Crippen molar-refractivity contribution in [1.29, 1.82) is 0 Å². The van der Waals surface area contributed by atoms with Crippen LogP contribution in [0.15, 0.2) is 53.4 Å². The number of aryl methyl sites for hydroxylation is 1. The number of amides is 2. The van der Waals surface area contributed by atoms with Crippen molar-refractivity contribution in [3.8, 4) is 5.75 Å². The van der Waals surface area contributed by atoms with Crippen LogP contribution in [0.1, 0.15) is 18.9 Å². The molecule has 0 fully saturated rings. The lowest BCUT2D eigenvalue weighted by molar-refractivity contribution is -0.128. The van der Waals surface area contributed by atoms with E-state index < -0.39 is 6.10 Å². The van der Waals surface area contributed by atoms with Gasteiger partial charge in [0.05, 0.1) is 18.0 Å². The fourth-order valence-corrected chi connectivity index (χ4v) is 3.81. The van der Waals surface area contributed by atoms with Crippen LogP contribution in [-0.4, -0.2) is 36.8 Å². The van der Waals surface area contributed by atoms with E-state index in [1.807, 2.05) is 56.3 Å². The maximum Gasteiger partial charge on any atom is 0.262 e. The van der Waals surface area contributed by atoms with Gasteiger partial charge in [-0.3, -0.25) is 9.59 Å². The minimum Gasteiger partial charge on any atom is -0.477 e. The van der Waals surface area contributed by atoms with Gasteiger partial charge in [0.1, 0.15) is 5.75 Å². The summed E-state index contributed by atoms with van der Waals surface area (Å²) in [5, 5.41) is 2.85. The molecule has 0 spiro atoms. The third-order valence-corrected chi connectivity index (χ3v) is 5.52. The number of ether oxygens (including phenoxy) is 1. The highest BCUT2D eigenvalue weighted by molar-refractivity contribution is 8.00. The Bertz CT molecular complexity index is 825. The summed E-state index contributed by atoms with van der Waals surface area (Å²) in [5.74, 6) is 0.653. The molecule has 27 heavy (non-hydrogen) atoms. The molecule has 2 aromatic rings. The minimum absolute atomic E-state index is 0.0349. The van der Waals surface area contributed by atoms with Crippen LogP contribution >= 0.6 is 11.8 Å². The van der Waals surface area contributed by atoms with E-state index in [0.717, 1.165) is 16.9 Å². The van der Waals surface area contributed by atoms with Crippen LogP contribution in [-0.2, 0) is 9.59 Å². The molecule has 1 aliphatic heterocycles. The SMILES string of the molecule is CCCNC(=O)[C@H]1CN(C(=O)CSc2ccccc2C)c2ccccc2O1. The summed E-state index contributed by atoms with van der Waals surface area (Å²) >= 11 is 1.51. The molecule has 3 rings (SSSR count). The van der Waals surface area contributed by atoms with Gasteiger partial charge in [-0.05, 0) is 37.1 Å². The molecule has 2 amide bonds. The molecule has 0 aliphatic carbocycles. The summed E-state index contributed by atoms with van der Waals surface area (Å²) in [7, 11) is 0. The highest BCUT2D eigenvalue weighted by Gasteiger charge is 2.33. The first-order valence-corrected chi connectivity index (χ1v) is 10.1. The number of anilines is 1. The van der Waals surface area contributed by atoms with Crippen molar-refractivity contribution in [2.75, 3.05) is 23.7 Å². The smallest absolute Gasteiger partial charge is 0.262 e. The van der Waals surface area contributed by atoms with E-state index in [1.54, 1.807) is 11.0 Å². The Hall–Kier alpha value is -2.47. The molecule has 5 nitrogen and oxygen atoms in total. The van der Waals surface area contributed by atoms with Crippen LogP contribution < -0.4 is 15.0 Å². The maximum atomic E-state index is 12.9. The number of nitrogens with zero attached hydrogens (tertiary/aromatic N) is 1. The number of benzene rings is 2. The van der Waals surface area contributed by atoms with E-state index in [2.05, 4.69) is 5.32 Å². The Morgan fingerprint density at radius 1 is 1.19 bits per heavy atom. The predicted octanol–water partition coefficient (Wildman–Crippen LogP) is 3.41. The van der Waals surface area contributed by atoms with E-state index in [0.29, 0.717) is 23.7 Å². The average Bonchev–Trinajstić information content (AvgIpc) is 2.70. The zero-order chi connectivity index (χ0) is 19.2. The van der Waals surface area contributed by atoms with Crippen LogP contribution in [0.25, 0.3) is 0 Å². The maximum absolute atomic E-state index is 12.9. The van der Waals surface area contributed by atoms with Crippen LogP contribution in [0.4, 0.5) is 5.69 Å². The molecule has 2 aromatic carbocycles. The highest BCUT2D eigenvalue weighted by Crippen LogP contribution is 2.34. The van der Waals surface area contributed by atoms with Gasteiger partial charge in [0, 0.05) is 11.4 Å². The average molecular weight is 385 g/mol. The summed E-state index contributed by atoms with van der Waals surface area (Å²) < 4.78 is 5.84. The Balaban J connectivity index is 1.74. The van der Waals surface area contributed by atoms with Gasteiger partial charge in [0.25, 0.3) is 5.91 Å². The summed E-state index contributed by atoms with van der Waals surface area (Å²) in [4.78, 5) is 28.1. The Kier molecular flexibility index (Phi) is 6.40. The van der Waals surface area contributed by atoms with Gasteiger partial charge in [-0.25, -0.2) is 0 Å². The zero-order valence-corrected chi connectivity index (χ0v) is 16.4. The Labute approximate surface area is 164 Å². The Morgan fingerprint density at radius 2 is 1.93 bits per heavy atom. The van der Waals surface area contributed by atoms with Crippen molar-refractivity contribution in [3.05, 3.63) is 54.1 Å². The van der Waals surface area contributed by atoms with Crippen molar-refractivity contribution in [2.45, 2.75) is 31.3 Å². The molecule has 6 heteroatoms. The standard InChI is InChI=1S/C21H24N2O3S/c1-3-12-22-21(25)18-13-23(16-9-5-6-10-17(16)26-18)20(24)14-27-19-11-7-4-8-15(19)2/h4-11,18H,3,12-14H2,1-2H3,(H,22,25)/t18-/m1/s1. The molecule has 1 heterocycles. The van der Waals surface area contributed by atoms with Gasteiger partial charge in [0.2, 0.25) is 5.91 Å². The summed E-state index contributed by atoms with van der Waals surface area (Å²) in [5.41, 5.74) is 1.86. The lowest BCUT2D eigenvalue weighted by Gasteiger charge is -2.34. The van der Waals surface area contributed by atoms with Crippen molar-refractivity contribution >= 4 is 29.3 Å². The van der Waals surface area contributed by atoms with Crippen molar-refractivity contribution < 1.29 is 14.3 Å². The van der Waals surface area contributed by atoms with Gasteiger partial charge in [0.15, 0.2) is 6.10 Å². The van der Waals surface area contributed by atoms with Gasteiger partial charge in [-0.15, -0.1) is 11.8 Å². The summed E-state index contributed by atoms with van der Waals surface area (Å²) in [6.45, 7) is 4.85. The van der Waals surface area contributed by atoms with Crippen molar-refractivity contribution in [1.82, 2.24) is 5.32 Å². The number of fused-ring (bicyclic) bond motifs is 1. The first-order valence-electron chi connectivity index (χ1n) is 9.12. The van der Waals surface area contributed by atoms with Crippen LogP contribution in [0.5, 0.6) is 5.75 Å². The number of carbonyl (C=O) groups is 2. The Morgan fingerprint density at radius 3 is 2.70 bits per heavy atom. The molecule has 0 radical (unpaired) electrons. The van der Waals surface area contributed by atoms with Crippen LogP contribution in [0.3, 0.4) is 0 Å². The third kappa shape index (κ3) is 4.63. The molecular weight excluding hydrogens is 360 g/mol. The second-order valence-electron chi connectivity index (χ2n) is 6.42. The van der Waals surface area contributed by atoms with E-state index >= 15 is 0 Å². The summed E-state index contributed by atoms with van der Waals surface area (Å²) in [6, 6.07) is 15.4. The first-order chi connectivity index (χ1) is 13.1. The number of thioether (sulfide) groups is 1. The summed E-state index contributed by atoms with van der Waals surface area (Å²) in [6.07, 6.45) is 0.156. The molecule has 0 saturated carbocycles. The molecule has 0 bridgehead atoms.